The number of aliphatic hydroxyl groups excluding tert-OH is 1. The second-order valence-electron chi connectivity index (χ2n) is 5.93. The summed E-state index contributed by atoms with van der Waals surface area (Å²) in [5.74, 6) is 0.916. The first-order chi connectivity index (χ1) is 10.7. The Bertz CT molecular complexity index is 641. The fourth-order valence-corrected chi connectivity index (χ4v) is 4.29. The van der Waals surface area contributed by atoms with Gasteiger partial charge in [0.25, 0.3) is 0 Å². The van der Waals surface area contributed by atoms with Crippen LogP contribution < -0.4 is 0 Å². The molecule has 22 heavy (non-hydrogen) atoms. The minimum atomic E-state index is -0.219. The molecule has 1 saturated carbocycles. The number of aliphatic hydroxyl groups is 1. The number of nitrogens with zero attached hydrogens (tertiary/aromatic N) is 3. The van der Waals surface area contributed by atoms with E-state index in [-0.39, 0.29) is 11.4 Å². The molecule has 0 amide bonds. The fourth-order valence-electron chi connectivity index (χ4n) is 3.01. The normalized spacial score (nSPS) is 22.0. The molecular weight excluding hydrogens is 294 g/mol. The SMILES string of the molecule is CCn1c(SC2CCCCC2O)nnc1-c1cccc(C)c1. The predicted octanol–water partition coefficient (Wildman–Crippen LogP) is 3.67. The second kappa shape index (κ2) is 6.84. The van der Waals surface area contributed by atoms with E-state index < -0.39 is 0 Å². The smallest absolute Gasteiger partial charge is 0.191 e. The molecule has 0 aliphatic heterocycles. The first kappa shape index (κ1) is 15.6. The number of aryl methyl sites for hydroxylation is 1. The fraction of sp³-hybridized carbons (Fsp3) is 0.529. The average molecular weight is 317 g/mol. The molecule has 1 heterocycles. The number of hydrogen-bond acceptors (Lipinski definition) is 4. The van der Waals surface area contributed by atoms with Gasteiger partial charge in [-0.1, -0.05) is 48.4 Å². The van der Waals surface area contributed by atoms with Crippen LogP contribution in [0.15, 0.2) is 29.4 Å². The Labute approximate surface area is 136 Å². The van der Waals surface area contributed by atoms with Crippen molar-refractivity contribution in [2.45, 2.75) is 62.6 Å². The summed E-state index contributed by atoms with van der Waals surface area (Å²) in [5.41, 5.74) is 2.32. The highest BCUT2D eigenvalue weighted by atomic mass is 32.2. The van der Waals surface area contributed by atoms with Gasteiger partial charge < -0.3 is 9.67 Å². The van der Waals surface area contributed by atoms with Crippen molar-refractivity contribution in [2.75, 3.05) is 0 Å². The van der Waals surface area contributed by atoms with Crippen molar-refractivity contribution in [1.29, 1.82) is 0 Å². The molecule has 1 aromatic heterocycles. The van der Waals surface area contributed by atoms with Gasteiger partial charge in [-0.2, -0.15) is 0 Å². The summed E-state index contributed by atoms with van der Waals surface area (Å²) >= 11 is 1.68. The molecule has 3 rings (SSSR count). The molecule has 1 aliphatic rings. The number of thioether (sulfide) groups is 1. The lowest BCUT2D eigenvalue weighted by Crippen LogP contribution is -2.27. The van der Waals surface area contributed by atoms with Crippen molar-refractivity contribution in [3.8, 4) is 11.4 Å². The van der Waals surface area contributed by atoms with Crippen LogP contribution in [0.4, 0.5) is 0 Å². The van der Waals surface area contributed by atoms with Crippen LogP contribution in [0, 0.1) is 6.92 Å². The first-order valence-corrected chi connectivity index (χ1v) is 8.92. The van der Waals surface area contributed by atoms with Gasteiger partial charge in [-0.3, -0.25) is 0 Å². The maximum absolute atomic E-state index is 10.2. The van der Waals surface area contributed by atoms with Crippen molar-refractivity contribution < 1.29 is 5.11 Å². The van der Waals surface area contributed by atoms with Crippen LogP contribution in [-0.4, -0.2) is 31.2 Å². The van der Waals surface area contributed by atoms with Crippen molar-refractivity contribution in [2.24, 2.45) is 0 Å². The zero-order valence-corrected chi connectivity index (χ0v) is 14.0. The van der Waals surface area contributed by atoms with Gasteiger partial charge >= 0.3 is 0 Å². The molecule has 1 N–H and O–H groups in total. The summed E-state index contributed by atoms with van der Waals surface area (Å²) < 4.78 is 2.15. The lowest BCUT2D eigenvalue weighted by atomic mass is 9.97. The van der Waals surface area contributed by atoms with Gasteiger partial charge in [0.15, 0.2) is 11.0 Å². The second-order valence-corrected chi connectivity index (χ2v) is 7.13. The third kappa shape index (κ3) is 3.20. The van der Waals surface area contributed by atoms with Crippen molar-refractivity contribution in [3.05, 3.63) is 29.8 Å². The Balaban J connectivity index is 1.87. The highest BCUT2D eigenvalue weighted by Gasteiger charge is 2.26. The molecule has 2 aromatic rings. The van der Waals surface area contributed by atoms with Gasteiger partial charge in [-0.05, 0) is 32.8 Å². The van der Waals surface area contributed by atoms with Crippen LogP contribution in [-0.2, 0) is 6.54 Å². The Morgan fingerprint density at radius 3 is 2.82 bits per heavy atom. The molecule has 1 aliphatic carbocycles. The van der Waals surface area contributed by atoms with E-state index in [0.29, 0.717) is 0 Å². The molecule has 0 saturated heterocycles. The van der Waals surface area contributed by atoms with Crippen LogP contribution in [0.3, 0.4) is 0 Å². The Morgan fingerprint density at radius 2 is 2.09 bits per heavy atom. The highest BCUT2D eigenvalue weighted by molar-refractivity contribution is 7.99. The summed E-state index contributed by atoms with van der Waals surface area (Å²) in [6.07, 6.45) is 4.07. The molecule has 1 fully saturated rings. The van der Waals surface area contributed by atoms with E-state index in [0.717, 1.165) is 42.4 Å². The zero-order chi connectivity index (χ0) is 15.5. The molecule has 5 heteroatoms. The van der Waals surface area contributed by atoms with E-state index in [1.54, 1.807) is 11.8 Å². The monoisotopic (exact) mass is 317 g/mol. The van der Waals surface area contributed by atoms with E-state index in [2.05, 4.69) is 52.9 Å². The minimum Gasteiger partial charge on any atom is -0.392 e. The lowest BCUT2D eigenvalue weighted by Gasteiger charge is -2.26. The van der Waals surface area contributed by atoms with Gasteiger partial charge in [0, 0.05) is 17.4 Å². The van der Waals surface area contributed by atoms with E-state index in [1.165, 1.54) is 12.0 Å². The largest absolute Gasteiger partial charge is 0.392 e. The van der Waals surface area contributed by atoms with E-state index >= 15 is 0 Å². The average Bonchev–Trinajstić information content (AvgIpc) is 2.92. The minimum absolute atomic E-state index is 0.219. The summed E-state index contributed by atoms with van der Waals surface area (Å²) in [6, 6.07) is 8.36. The molecular formula is C17H23N3OS. The first-order valence-electron chi connectivity index (χ1n) is 8.04. The van der Waals surface area contributed by atoms with Gasteiger partial charge in [0.1, 0.15) is 0 Å². The maximum atomic E-state index is 10.2. The lowest BCUT2D eigenvalue weighted by molar-refractivity contribution is 0.137. The van der Waals surface area contributed by atoms with Gasteiger partial charge in [-0.15, -0.1) is 10.2 Å². The van der Waals surface area contributed by atoms with E-state index in [1.807, 2.05) is 0 Å². The van der Waals surface area contributed by atoms with Crippen molar-refractivity contribution in [1.82, 2.24) is 14.8 Å². The number of hydrogen-bond donors (Lipinski definition) is 1. The van der Waals surface area contributed by atoms with Gasteiger partial charge in [-0.25, -0.2) is 0 Å². The highest BCUT2D eigenvalue weighted by Crippen LogP contribution is 2.34. The van der Waals surface area contributed by atoms with E-state index in [4.69, 9.17) is 0 Å². The van der Waals surface area contributed by atoms with E-state index in [9.17, 15) is 5.11 Å². The maximum Gasteiger partial charge on any atom is 0.191 e. The molecule has 0 bridgehead atoms. The number of aromatic nitrogens is 3. The van der Waals surface area contributed by atoms with Crippen LogP contribution >= 0.6 is 11.8 Å². The molecule has 1 aromatic carbocycles. The number of rotatable bonds is 4. The third-order valence-corrected chi connectivity index (χ3v) is 5.60. The van der Waals surface area contributed by atoms with Crippen LogP contribution in [0.25, 0.3) is 11.4 Å². The topological polar surface area (TPSA) is 50.9 Å². The summed E-state index contributed by atoms with van der Waals surface area (Å²) in [4.78, 5) is 0. The molecule has 2 unspecified atom stereocenters. The van der Waals surface area contributed by atoms with Crippen LogP contribution in [0.1, 0.15) is 38.2 Å². The predicted molar refractivity (Wildman–Crippen MR) is 90.0 cm³/mol. The standard InChI is InChI=1S/C17H23N3OS/c1-3-20-16(13-8-6-7-12(2)11-13)18-19-17(20)22-15-10-5-4-9-14(15)21/h6-8,11,14-15,21H,3-5,9-10H2,1-2H3. The summed E-state index contributed by atoms with van der Waals surface area (Å²) in [6.45, 7) is 5.04. The third-order valence-electron chi connectivity index (χ3n) is 4.23. The number of benzene rings is 1. The molecule has 118 valence electrons. The molecule has 0 spiro atoms. The Kier molecular flexibility index (Phi) is 4.84. The summed E-state index contributed by atoms with van der Waals surface area (Å²) in [5, 5.41) is 20.1. The van der Waals surface area contributed by atoms with Crippen LogP contribution in [0.5, 0.6) is 0 Å². The molecule has 4 nitrogen and oxygen atoms in total. The van der Waals surface area contributed by atoms with Gasteiger partial charge in [0.05, 0.1) is 6.10 Å². The Morgan fingerprint density at radius 1 is 1.27 bits per heavy atom. The Hall–Kier alpha value is -1.33. The summed E-state index contributed by atoms with van der Waals surface area (Å²) in [7, 11) is 0. The van der Waals surface area contributed by atoms with Crippen molar-refractivity contribution >= 4 is 11.8 Å². The quantitative estimate of drug-likeness (QED) is 0.935. The molecule has 0 radical (unpaired) electrons. The van der Waals surface area contributed by atoms with Crippen LogP contribution in [0.2, 0.25) is 0 Å². The zero-order valence-electron chi connectivity index (χ0n) is 13.2. The van der Waals surface area contributed by atoms with Crippen molar-refractivity contribution in [3.63, 3.8) is 0 Å². The van der Waals surface area contributed by atoms with Gasteiger partial charge in [0.2, 0.25) is 0 Å². The molecule has 2 atom stereocenters.